The number of rotatable bonds is 4. The molecule has 0 fully saturated rings. The first kappa shape index (κ1) is 14.1. The summed E-state index contributed by atoms with van der Waals surface area (Å²) in [5.41, 5.74) is 3.00. The Balaban J connectivity index is 2.07. The average Bonchev–Trinajstić information content (AvgIpc) is 2.97. The Morgan fingerprint density at radius 2 is 2.00 bits per heavy atom. The Morgan fingerprint density at radius 3 is 2.62 bits per heavy atom. The molecular formula is C16H18N2O2S. The molecule has 0 aliphatic heterocycles. The molecule has 1 aromatic carbocycles. The van der Waals surface area contributed by atoms with Crippen molar-refractivity contribution >= 4 is 16.3 Å². The number of aliphatic hydroxyl groups is 1. The van der Waals surface area contributed by atoms with Crippen LogP contribution in [0.25, 0.3) is 16.2 Å². The molecule has 0 radical (unpaired) electrons. The molecular weight excluding hydrogens is 284 g/mol. The number of imidazole rings is 1. The minimum atomic E-state index is -0.0150. The zero-order valence-corrected chi connectivity index (χ0v) is 13.1. The first-order chi connectivity index (χ1) is 10.1. The number of fused-ring (bicyclic) bond motifs is 1. The smallest absolute Gasteiger partial charge is 0.194 e. The minimum Gasteiger partial charge on any atom is -0.491 e. The third-order valence-electron chi connectivity index (χ3n) is 3.27. The van der Waals surface area contributed by atoms with Gasteiger partial charge < -0.3 is 9.84 Å². The summed E-state index contributed by atoms with van der Waals surface area (Å²) in [6.07, 6.45) is 1.89. The van der Waals surface area contributed by atoms with E-state index in [-0.39, 0.29) is 12.7 Å². The zero-order valence-electron chi connectivity index (χ0n) is 12.3. The van der Waals surface area contributed by atoms with Gasteiger partial charge in [-0.05, 0) is 50.6 Å². The molecule has 2 heterocycles. The highest BCUT2D eigenvalue weighted by molar-refractivity contribution is 7.17. The molecule has 0 bridgehead atoms. The number of thiazole rings is 1. The molecule has 3 aromatic rings. The van der Waals surface area contributed by atoms with E-state index in [0.29, 0.717) is 0 Å². The maximum atomic E-state index is 9.47. The number of ether oxygens (including phenoxy) is 1. The maximum Gasteiger partial charge on any atom is 0.194 e. The van der Waals surface area contributed by atoms with Crippen molar-refractivity contribution in [3.05, 3.63) is 41.0 Å². The molecule has 0 amide bonds. The highest BCUT2D eigenvalue weighted by Gasteiger charge is 2.15. The van der Waals surface area contributed by atoms with Gasteiger partial charge in [0.1, 0.15) is 5.75 Å². The Hall–Kier alpha value is -1.85. The fourth-order valence-electron chi connectivity index (χ4n) is 2.43. The Labute approximate surface area is 127 Å². The molecule has 5 heteroatoms. The number of hydrogen-bond acceptors (Lipinski definition) is 4. The van der Waals surface area contributed by atoms with Gasteiger partial charge in [-0.2, -0.15) is 0 Å². The van der Waals surface area contributed by atoms with Gasteiger partial charge in [-0.1, -0.05) is 0 Å². The average molecular weight is 302 g/mol. The van der Waals surface area contributed by atoms with Gasteiger partial charge in [0, 0.05) is 4.88 Å². The molecule has 0 aliphatic rings. The van der Waals surface area contributed by atoms with Crippen LogP contribution in [0.2, 0.25) is 0 Å². The van der Waals surface area contributed by atoms with Crippen molar-refractivity contribution in [2.24, 2.45) is 0 Å². The van der Waals surface area contributed by atoms with Gasteiger partial charge in [-0.25, -0.2) is 4.98 Å². The van der Waals surface area contributed by atoms with Crippen LogP contribution in [0.1, 0.15) is 24.4 Å². The second-order valence-electron chi connectivity index (χ2n) is 5.22. The normalized spacial score (nSPS) is 11.5. The quantitative estimate of drug-likeness (QED) is 0.800. The molecule has 3 rings (SSSR count). The summed E-state index contributed by atoms with van der Waals surface area (Å²) in [4.78, 5) is 6.45. The number of aliphatic hydroxyl groups excluding tert-OH is 1. The zero-order chi connectivity index (χ0) is 15.0. The van der Waals surface area contributed by atoms with Crippen LogP contribution in [0.5, 0.6) is 5.75 Å². The van der Waals surface area contributed by atoms with Gasteiger partial charge in [0.15, 0.2) is 4.96 Å². The van der Waals surface area contributed by atoms with E-state index in [0.717, 1.165) is 27.7 Å². The maximum absolute atomic E-state index is 9.47. The van der Waals surface area contributed by atoms with Crippen molar-refractivity contribution in [3.8, 4) is 17.0 Å². The second kappa shape index (κ2) is 5.50. The second-order valence-corrected chi connectivity index (χ2v) is 6.41. The standard InChI is InChI=1S/C16H18N2O2S/c1-10(2)20-14-6-4-12(5-7-14)15-11(3)21-16-17-8-13(9-19)18(15)16/h4-8,10,19H,9H2,1-3H3. The lowest BCUT2D eigenvalue weighted by Gasteiger charge is -2.10. The third-order valence-corrected chi connectivity index (χ3v) is 4.24. The van der Waals surface area contributed by atoms with Gasteiger partial charge in [0.05, 0.1) is 30.3 Å². The highest BCUT2D eigenvalue weighted by atomic mass is 32.1. The van der Waals surface area contributed by atoms with Crippen molar-refractivity contribution in [1.82, 2.24) is 9.38 Å². The van der Waals surface area contributed by atoms with Crippen molar-refractivity contribution in [1.29, 1.82) is 0 Å². The first-order valence-electron chi connectivity index (χ1n) is 6.94. The summed E-state index contributed by atoms with van der Waals surface area (Å²) >= 11 is 1.63. The van der Waals surface area contributed by atoms with E-state index < -0.39 is 0 Å². The van der Waals surface area contributed by atoms with Crippen LogP contribution >= 0.6 is 11.3 Å². The van der Waals surface area contributed by atoms with Gasteiger partial charge >= 0.3 is 0 Å². The summed E-state index contributed by atoms with van der Waals surface area (Å²) in [5.74, 6) is 0.867. The summed E-state index contributed by atoms with van der Waals surface area (Å²) in [6.45, 7) is 6.09. The van der Waals surface area contributed by atoms with E-state index in [1.165, 1.54) is 4.88 Å². The highest BCUT2D eigenvalue weighted by Crippen LogP contribution is 2.33. The lowest BCUT2D eigenvalue weighted by atomic mass is 10.1. The van der Waals surface area contributed by atoms with Gasteiger partial charge in [-0.3, -0.25) is 4.40 Å². The van der Waals surface area contributed by atoms with Crippen LogP contribution in [0.15, 0.2) is 30.5 Å². The van der Waals surface area contributed by atoms with Crippen molar-refractivity contribution < 1.29 is 9.84 Å². The number of hydrogen-bond donors (Lipinski definition) is 1. The SMILES string of the molecule is Cc1sc2ncc(CO)n2c1-c1ccc(OC(C)C)cc1. The molecule has 1 N–H and O–H groups in total. The van der Waals surface area contributed by atoms with Crippen LogP contribution in [-0.2, 0) is 6.61 Å². The van der Waals surface area contributed by atoms with Crippen LogP contribution < -0.4 is 4.74 Å². The monoisotopic (exact) mass is 302 g/mol. The predicted octanol–water partition coefficient (Wildman–Crippen LogP) is 3.65. The Kier molecular flexibility index (Phi) is 3.69. The van der Waals surface area contributed by atoms with E-state index in [1.54, 1.807) is 17.5 Å². The van der Waals surface area contributed by atoms with E-state index >= 15 is 0 Å². The number of benzene rings is 1. The number of nitrogens with zero attached hydrogens (tertiary/aromatic N) is 2. The summed E-state index contributed by atoms with van der Waals surface area (Å²) in [6, 6.07) is 8.06. The Bertz CT molecular complexity index is 757. The molecule has 0 saturated carbocycles. The van der Waals surface area contributed by atoms with Crippen molar-refractivity contribution in [2.45, 2.75) is 33.5 Å². The van der Waals surface area contributed by atoms with Crippen LogP contribution in [0.4, 0.5) is 0 Å². The summed E-state index contributed by atoms with van der Waals surface area (Å²) < 4.78 is 7.70. The lowest BCUT2D eigenvalue weighted by molar-refractivity contribution is 0.242. The topological polar surface area (TPSA) is 46.8 Å². The Morgan fingerprint density at radius 1 is 1.29 bits per heavy atom. The molecule has 0 atom stereocenters. The van der Waals surface area contributed by atoms with Crippen molar-refractivity contribution in [3.63, 3.8) is 0 Å². The van der Waals surface area contributed by atoms with E-state index in [1.807, 2.05) is 42.5 Å². The third kappa shape index (κ3) is 2.54. The van der Waals surface area contributed by atoms with E-state index in [2.05, 4.69) is 11.9 Å². The largest absolute Gasteiger partial charge is 0.491 e. The molecule has 110 valence electrons. The van der Waals surface area contributed by atoms with E-state index in [4.69, 9.17) is 4.74 Å². The number of aromatic nitrogens is 2. The van der Waals surface area contributed by atoms with Crippen LogP contribution in [-0.4, -0.2) is 20.6 Å². The molecule has 21 heavy (non-hydrogen) atoms. The lowest BCUT2D eigenvalue weighted by Crippen LogP contribution is -2.05. The van der Waals surface area contributed by atoms with Gasteiger partial charge in [0.25, 0.3) is 0 Å². The molecule has 2 aromatic heterocycles. The molecule has 0 aliphatic carbocycles. The minimum absolute atomic E-state index is 0.0150. The molecule has 0 unspecified atom stereocenters. The van der Waals surface area contributed by atoms with Gasteiger partial charge in [0.2, 0.25) is 0 Å². The number of aryl methyl sites for hydroxylation is 1. The van der Waals surface area contributed by atoms with Crippen LogP contribution in [0, 0.1) is 6.92 Å². The summed E-state index contributed by atoms with van der Waals surface area (Å²) in [5, 5.41) is 9.47. The molecule has 0 saturated heterocycles. The van der Waals surface area contributed by atoms with E-state index in [9.17, 15) is 5.11 Å². The fourth-order valence-corrected chi connectivity index (χ4v) is 3.41. The predicted molar refractivity (Wildman–Crippen MR) is 84.9 cm³/mol. The molecule has 0 spiro atoms. The van der Waals surface area contributed by atoms with Crippen LogP contribution in [0.3, 0.4) is 0 Å². The first-order valence-corrected chi connectivity index (χ1v) is 7.75. The fraction of sp³-hybridized carbons (Fsp3) is 0.312. The summed E-state index contributed by atoms with van der Waals surface area (Å²) in [7, 11) is 0. The van der Waals surface area contributed by atoms with Gasteiger partial charge in [-0.15, -0.1) is 11.3 Å². The van der Waals surface area contributed by atoms with Crippen molar-refractivity contribution in [2.75, 3.05) is 0 Å². The molecule has 4 nitrogen and oxygen atoms in total.